The van der Waals surface area contributed by atoms with E-state index in [9.17, 15) is 9.70 Å². The molecule has 1 rings (SSSR count). The van der Waals surface area contributed by atoms with Gasteiger partial charge in [0.25, 0.3) is 0 Å². The Kier molecular flexibility index (Phi) is 1.49. The number of pyridine rings is 1. The number of nitrogens with zero attached hydrogens (tertiary/aromatic N) is 1. The smallest absolute Gasteiger partial charge is 0.249 e. The van der Waals surface area contributed by atoms with Gasteiger partial charge in [-0.25, -0.2) is 0 Å². The first-order valence-electron chi connectivity index (χ1n) is 2.49. The molecule has 0 aliphatic heterocycles. The lowest BCUT2D eigenvalue weighted by atomic mass is 10.4. The van der Waals surface area contributed by atoms with Crippen molar-refractivity contribution >= 4 is 5.82 Å². The average molecular weight is 140 g/mol. The van der Waals surface area contributed by atoms with Gasteiger partial charge in [-0.05, 0) is 11.2 Å². The van der Waals surface area contributed by atoms with E-state index in [1.807, 2.05) is 4.98 Å². The number of nitrogens with one attached hydrogen (secondary N) is 1. The van der Waals surface area contributed by atoms with Gasteiger partial charge in [0.15, 0.2) is 5.75 Å². The van der Waals surface area contributed by atoms with Crippen LogP contribution < -0.4 is 5.56 Å². The molecule has 5 heteroatoms. The molecule has 0 saturated carbocycles. The van der Waals surface area contributed by atoms with Gasteiger partial charge >= 0.3 is 0 Å². The standard InChI is InChI=1S/C5H4N2O3/c8-3-1-2-4(9)6-5(3)7-10/h1-2,8H,(H,6,9). The molecule has 0 bridgehead atoms. The molecular formula is C5H4N2O3. The van der Waals surface area contributed by atoms with Gasteiger partial charge in [-0.3, -0.25) is 4.79 Å². The van der Waals surface area contributed by atoms with E-state index in [-0.39, 0.29) is 11.6 Å². The second-order valence-corrected chi connectivity index (χ2v) is 1.65. The number of nitroso groups, excluding NO2 is 1. The van der Waals surface area contributed by atoms with Crippen LogP contribution in [0.15, 0.2) is 22.1 Å². The molecule has 0 aliphatic carbocycles. The number of H-pyrrole nitrogens is 1. The van der Waals surface area contributed by atoms with Crippen molar-refractivity contribution < 1.29 is 5.11 Å². The molecule has 0 aromatic carbocycles. The summed E-state index contributed by atoms with van der Waals surface area (Å²) in [5, 5.41) is 11.1. The quantitative estimate of drug-likeness (QED) is 0.556. The molecule has 10 heavy (non-hydrogen) atoms. The lowest BCUT2D eigenvalue weighted by molar-refractivity contribution is 0.474. The summed E-state index contributed by atoms with van der Waals surface area (Å²) in [4.78, 5) is 22.3. The van der Waals surface area contributed by atoms with Crippen LogP contribution >= 0.6 is 0 Å². The summed E-state index contributed by atoms with van der Waals surface area (Å²) in [5.74, 6) is -0.665. The number of hydrogen-bond donors (Lipinski definition) is 2. The van der Waals surface area contributed by atoms with E-state index in [0.717, 1.165) is 12.1 Å². The fourth-order valence-corrected chi connectivity index (χ4v) is 0.526. The van der Waals surface area contributed by atoms with Crippen molar-refractivity contribution in [3.05, 3.63) is 27.4 Å². The molecule has 5 nitrogen and oxygen atoms in total. The summed E-state index contributed by atoms with van der Waals surface area (Å²) in [6.45, 7) is 0. The lowest BCUT2D eigenvalue weighted by Crippen LogP contribution is -2.00. The van der Waals surface area contributed by atoms with Crippen LogP contribution in [0, 0.1) is 4.91 Å². The molecule has 1 aromatic rings. The average Bonchev–Trinajstić information content (AvgIpc) is 1.94. The fourth-order valence-electron chi connectivity index (χ4n) is 0.526. The summed E-state index contributed by atoms with van der Waals surface area (Å²) in [5.41, 5.74) is -0.465. The highest BCUT2D eigenvalue weighted by atomic mass is 16.3. The van der Waals surface area contributed by atoms with Gasteiger partial charge in [0, 0.05) is 6.07 Å². The highest BCUT2D eigenvalue weighted by molar-refractivity contribution is 5.42. The van der Waals surface area contributed by atoms with Crippen molar-refractivity contribution in [3.8, 4) is 5.75 Å². The predicted octanol–water partition coefficient (Wildman–Crippen LogP) is 0.478. The van der Waals surface area contributed by atoms with Crippen LogP contribution in [-0.2, 0) is 0 Å². The Labute approximate surface area is 55.3 Å². The second-order valence-electron chi connectivity index (χ2n) is 1.65. The number of aromatic nitrogens is 1. The van der Waals surface area contributed by atoms with Crippen LogP contribution in [0.2, 0.25) is 0 Å². The van der Waals surface area contributed by atoms with Crippen molar-refractivity contribution in [1.82, 2.24) is 4.98 Å². The fraction of sp³-hybridized carbons (Fsp3) is 0. The molecule has 0 fully saturated rings. The SMILES string of the molecule is O=Nc1[nH]c(=O)ccc1O. The molecular weight excluding hydrogens is 136 g/mol. The summed E-state index contributed by atoms with van der Waals surface area (Å²) in [6.07, 6.45) is 0. The first-order chi connectivity index (χ1) is 4.74. The third-order valence-electron chi connectivity index (χ3n) is 0.968. The Morgan fingerprint density at radius 3 is 2.70 bits per heavy atom. The van der Waals surface area contributed by atoms with Crippen molar-refractivity contribution in [2.45, 2.75) is 0 Å². The molecule has 1 aromatic heterocycles. The van der Waals surface area contributed by atoms with Gasteiger partial charge in [-0.2, -0.15) is 0 Å². The molecule has 52 valence electrons. The second kappa shape index (κ2) is 2.30. The van der Waals surface area contributed by atoms with Gasteiger partial charge in [-0.15, -0.1) is 4.91 Å². The zero-order chi connectivity index (χ0) is 7.56. The highest BCUT2D eigenvalue weighted by Gasteiger charge is 1.98. The highest BCUT2D eigenvalue weighted by Crippen LogP contribution is 2.18. The molecule has 0 radical (unpaired) electrons. The molecule has 0 amide bonds. The summed E-state index contributed by atoms with van der Waals surface area (Å²) in [6, 6.07) is 2.21. The van der Waals surface area contributed by atoms with Crippen LogP contribution in [0.25, 0.3) is 0 Å². The first kappa shape index (κ1) is 6.47. The summed E-state index contributed by atoms with van der Waals surface area (Å²) >= 11 is 0. The van der Waals surface area contributed by atoms with Crippen molar-refractivity contribution in [1.29, 1.82) is 0 Å². The van der Waals surface area contributed by atoms with E-state index in [2.05, 4.69) is 5.18 Å². The van der Waals surface area contributed by atoms with Crippen LogP contribution in [0.5, 0.6) is 5.75 Å². The number of hydrogen-bond acceptors (Lipinski definition) is 4. The van der Waals surface area contributed by atoms with Crippen LogP contribution in [0.4, 0.5) is 5.82 Å². The third-order valence-corrected chi connectivity index (χ3v) is 0.968. The maximum Gasteiger partial charge on any atom is 0.249 e. The van der Waals surface area contributed by atoms with E-state index in [1.54, 1.807) is 0 Å². The van der Waals surface area contributed by atoms with Gasteiger partial charge in [0.1, 0.15) is 0 Å². The lowest BCUT2D eigenvalue weighted by Gasteiger charge is -1.90. The summed E-state index contributed by atoms with van der Waals surface area (Å²) in [7, 11) is 0. The molecule has 2 N–H and O–H groups in total. The zero-order valence-corrected chi connectivity index (χ0v) is 4.87. The first-order valence-corrected chi connectivity index (χ1v) is 2.49. The van der Waals surface area contributed by atoms with E-state index in [0.29, 0.717) is 0 Å². The van der Waals surface area contributed by atoms with Crippen molar-refractivity contribution in [2.75, 3.05) is 0 Å². The number of aromatic hydroxyl groups is 1. The predicted molar refractivity (Wildman–Crippen MR) is 34.2 cm³/mol. The Morgan fingerprint density at radius 1 is 1.50 bits per heavy atom. The molecule has 0 saturated heterocycles. The molecule has 0 aliphatic rings. The monoisotopic (exact) mass is 140 g/mol. The molecule has 0 unspecified atom stereocenters. The molecule has 0 atom stereocenters. The maximum atomic E-state index is 10.4. The zero-order valence-electron chi connectivity index (χ0n) is 4.87. The summed E-state index contributed by atoms with van der Waals surface area (Å²) < 4.78 is 0. The van der Waals surface area contributed by atoms with E-state index >= 15 is 0 Å². The van der Waals surface area contributed by atoms with Crippen LogP contribution in [0.3, 0.4) is 0 Å². The largest absolute Gasteiger partial charge is 0.504 e. The van der Waals surface area contributed by atoms with E-state index < -0.39 is 5.56 Å². The minimum Gasteiger partial charge on any atom is -0.504 e. The topological polar surface area (TPSA) is 82.5 Å². The Balaban J connectivity index is 3.35. The maximum absolute atomic E-state index is 10.4. The van der Waals surface area contributed by atoms with Crippen molar-refractivity contribution in [3.63, 3.8) is 0 Å². The number of rotatable bonds is 1. The Bertz CT molecular complexity index is 304. The Hall–Kier alpha value is -1.65. The normalized spacial score (nSPS) is 9.20. The molecule has 1 heterocycles. The van der Waals surface area contributed by atoms with Gasteiger partial charge < -0.3 is 10.1 Å². The Morgan fingerprint density at radius 2 is 2.20 bits per heavy atom. The van der Waals surface area contributed by atoms with Gasteiger partial charge in [0.05, 0.1) is 0 Å². The van der Waals surface area contributed by atoms with Gasteiger partial charge in [-0.1, -0.05) is 0 Å². The van der Waals surface area contributed by atoms with Crippen LogP contribution in [0.1, 0.15) is 0 Å². The number of aromatic amines is 1. The van der Waals surface area contributed by atoms with E-state index in [4.69, 9.17) is 5.11 Å². The minimum absolute atomic E-state index is 0.324. The van der Waals surface area contributed by atoms with Crippen molar-refractivity contribution in [2.24, 2.45) is 5.18 Å². The molecule has 0 spiro atoms. The van der Waals surface area contributed by atoms with E-state index in [1.165, 1.54) is 0 Å². The third kappa shape index (κ3) is 1.02. The van der Waals surface area contributed by atoms with Gasteiger partial charge in [0.2, 0.25) is 11.4 Å². The van der Waals surface area contributed by atoms with Crippen LogP contribution in [-0.4, -0.2) is 10.1 Å². The minimum atomic E-state index is -0.465.